The predicted octanol–water partition coefficient (Wildman–Crippen LogP) is 2.20. The van der Waals surface area contributed by atoms with Gasteiger partial charge in [0.05, 0.1) is 5.69 Å². The number of hydrogen-bond acceptors (Lipinski definition) is 3. The van der Waals surface area contributed by atoms with Gasteiger partial charge < -0.3 is 9.88 Å². The first-order valence-corrected chi connectivity index (χ1v) is 8.87. The number of aromatic amines is 1. The summed E-state index contributed by atoms with van der Waals surface area (Å²) in [5.41, 5.74) is 4.50. The first kappa shape index (κ1) is 14.9. The summed E-state index contributed by atoms with van der Waals surface area (Å²) < 4.78 is 1.87. The molecule has 0 aromatic carbocycles. The Labute approximate surface area is 136 Å². The van der Waals surface area contributed by atoms with Gasteiger partial charge in [-0.2, -0.15) is 5.10 Å². The molecule has 2 aromatic rings. The molecule has 0 bridgehead atoms. The number of likely N-dealkylation sites (tertiary alicyclic amines) is 1. The van der Waals surface area contributed by atoms with Crippen LogP contribution in [0.1, 0.15) is 49.4 Å². The molecule has 23 heavy (non-hydrogen) atoms. The normalized spacial score (nSPS) is 19.3. The number of aryl methyl sites for hydroxylation is 2. The van der Waals surface area contributed by atoms with Crippen LogP contribution in [0.25, 0.3) is 11.0 Å². The molecule has 0 unspecified atom stereocenters. The predicted molar refractivity (Wildman–Crippen MR) is 92.0 cm³/mol. The Morgan fingerprint density at radius 2 is 1.91 bits per heavy atom. The number of hydrogen-bond donors (Lipinski definition) is 1. The maximum absolute atomic E-state index is 12.4. The van der Waals surface area contributed by atoms with Gasteiger partial charge in [-0.25, -0.2) is 0 Å². The van der Waals surface area contributed by atoms with Gasteiger partial charge in [-0.15, -0.1) is 0 Å². The molecule has 1 aliphatic heterocycles. The van der Waals surface area contributed by atoms with Crippen LogP contribution in [0.4, 0.5) is 0 Å². The Kier molecular flexibility index (Phi) is 3.56. The van der Waals surface area contributed by atoms with Gasteiger partial charge in [0.2, 0.25) is 0 Å². The number of nitrogens with zero attached hydrogens (tertiary/aromatic N) is 3. The monoisotopic (exact) mass is 314 g/mol. The zero-order valence-corrected chi connectivity index (χ0v) is 14.4. The molecule has 124 valence electrons. The van der Waals surface area contributed by atoms with Crippen LogP contribution in [0.3, 0.4) is 0 Å². The van der Waals surface area contributed by atoms with E-state index in [2.05, 4.69) is 23.7 Å². The first-order chi connectivity index (χ1) is 11.0. The average Bonchev–Trinajstić information content (AvgIpc) is 2.79. The third-order valence-electron chi connectivity index (χ3n) is 5.32. The Morgan fingerprint density at radius 3 is 2.61 bits per heavy atom. The second-order valence-corrected chi connectivity index (χ2v) is 7.66. The lowest BCUT2D eigenvalue weighted by molar-refractivity contribution is 0.129. The Bertz CT molecular complexity index is 795. The highest BCUT2D eigenvalue weighted by atomic mass is 16.1. The molecule has 0 spiro atoms. The van der Waals surface area contributed by atoms with E-state index in [1.807, 2.05) is 11.7 Å². The van der Waals surface area contributed by atoms with Crippen molar-refractivity contribution in [3.8, 4) is 0 Å². The third-order valence-corrected chi connectivity index (χ3v) is 5.32. The van der Waals surface area contributed by atoms with Crippen molar-refractivity contribution >= 4 is 11.0 Å². The molecule has 0 atom stereocenters. The summed E-state index contributed by atoms with van der Waals surface area (Å²) in [6.07, 6.45) is 4.25. The van der Waals surface area contributed by atoms with Gasteiger partial charge in [0, 0.05) is 43.5 Å². The molecule has 4 rings (SSSR count). The van der Waals surface area contributed by atoms with Crippen LogP contribution < -0.4 is 5.56 Å². The number of aromatic nitrogens is 3. The lowest BCUT2D eigenvalue weighted by Gasteiger charge is -2.39. The minimum atomic E-state index is 0.0943. The fraction of sp³-hybridized carbons (Fsp3) is 0.667. The summed E-state index contributed by atoms with van der Waals surface area (Å²) in [7, 11) is 1.95. The van der Waals surface area contributed by atoms with E-state index < -0.39 is 0 Å². The number of fused-ring (bicyclic) bond motifs is 3. The zero-order valence-electron chi connectivity index (χ0n) is 14.4. The van der Waals surface area contributed by atoms with Crippen molar-refractivity contribution in [2.75, 3.05) is 19.6 Å². The fourth-order valence-corrected chi connectivity index (χ4v) is 4.29. The third kappa shape index (κ3) is 2.42. The van der Waals surface area contributed by atoms with Crippen LogP contribution in [0.2, 0.25) is 0 Å². The van der Waals surface area contributed by atoms with Gasteiger partial charge in [0.1, 0.15) is 5.65 Å². The molecular formula is C18H26N4O. The van der Waals surface area contributed by atoms with Gasteiger partial charge in [0.25, 0.3) is 5.56 Å². The largest absolute Gasteiger partial charge is 0.307 e. The standard InChI is InChI=1S/C18H26N4O/c1-11(2)8-22-9-12(10-22)16-15-13-6-4-5-7-14(13)18(23)19-17(15)21(3)20-16/h11-12H,4-10H2,1-3H3,(H,19,23). The second-order valence-electron chi connectivity index (χ2n) is 7.66. The molecule has 0 saturated carbocycles. The van der Waals surface area contributed by atoms with Crippen molar-refractivity contribution in [2.45, 2.75) is 45.4 Å². The SMILES string of the molecule is CC(C)CN1CC(c2nn(C)c3[nH]c(=O)c4c(c23)CCCC4)C1. The van der Waals surface area contributed by atoms with E-state index in [0.29, 0.717) is 11.8 Å². The number of pyridine rings is 1. The van der Waals surface area contributed by atoms with Crippen LogP contribution >= 0.6 is 0 Å². The van der Waals surface area contributed by atoms with E-state index in [0.717, 1.165) is 50.1 Å². The first-order valence-electron chi connectivity index (χ1n) is 8.87. The van der Waals surface area contributed by atoms with Crippen molar-refractivity contribution in [3.63, 3.8) is 0 Å². The summed E-state index contributed by atoms with van der Waals surface area (Å²) >= 11 is 0. The zero-order chi connectivity index (χ0) is 16.1. The van der Waals surface area contributed by atoms with Crippen molar-refractivity contribution in [1.29, 1.82) is 0 Å². The summed E-state index contributed by atoms with van der Waals surface area (Å²) in [6, 6.07) is 0. The van der Waals surface area contributed by atoms with Crippen LogP contribution in [0.5, 0.6) is 0 Å². The van der Waals surface area contributed by atoms with E-state index in [1.54, 1.807) is 0 Å². The van der Waals surface area contributed by atoms with Gasteiger partial charge >= 0.3 is 0 Å². The van der Waals surface area contributed by atoms with E-state index in [1.165, 1.54) is 23.1 Å². The Balaban J connectivity index is 1.75. The Hall–Kier alpha value is -1.62. The van der Waals surface area contributed by atoms with E-state index in [4.69, 9.17) is 5.10 Å². The highest BCUT2D eigenvalue weighted by molar-refractivity contribution is 5.84. The fourth-order valence-electron chi connectivity index (χ4n) is 4.29. The number of H-pyrrole nitrogens is 1. The summed E-state index contributed by atoms with van der Waals surface area (Å²) in [4.78, 5) is 18.0. The van der Waals surface area contributed by atoms with Gasteiger partial charge in [-0.1, -0.05) is 13.8 Å². The molecule has 1 aliphatic carbocycles. The lowest BCUT2D eigenvalue weighted by Crippen LogP contribution is -2.46. The summed E-state index contributed by atoms with van der Waals surface area (Å²) in [5.74, 6) is 1.22. The van der Waals surface area contributed by atoms with Gasteiger partial charge in [-0.3, -0.25) is 9.48 Å². The average molecular weight is 314 g/mol. The molecule has 1 saturated heterocycles. The topological polar surface area (TPSA) is 53.9 Å². The molecule has 5 heteroatoms. The minimum absolute atomic E-state index is 0.0943. The Morgan fingerprint density at radius 1 is 1.22 bits per heavy atom. The van der Waals surface area contributed by atoms with Gasteiger partial charge in [0.15, 0.2) is 0 Å². The van der Waals surface area contributed by atoms with Crippen LogP contribution in [0, 0.1) is 5.92 Å². The number of nitrogens with one attached hydrogen (secondary N) is 1. The van der Waals surface area contributed by atoms with Crippen LogP contribution in [-0.4, -0.2) is 39.3 Å². The van der Waals surface area contributed by atoms with Crippen molar-refractivity contribution in [3.05, 3.63) is 27.2 Å². The highest BCUT2D eigenvalue weighted by Gasteiger charge is 2.33. The van der Waals surface area contributed by atoms with Crippen LogP contribution in [0.15, 0.2) is 4.79 Å². The molecule has 2 aromatic heterocycles. The van der Waals surface area contributed by atoms with Gasteiger partial charge in [-0.05, 0) is 37.2 Å². The van der Waals surface area contributed by atoms with Crippen LogP contribution in [-0.2, 0) is 19.9 Å². The summed E-state index contributed by atoms with van der Waals surface area (Å²) in [5, 5.41) is 6.04. The van der Waals surface area contributed by atoms with E-state index >= 15 is 0 Å². The minimum Gasteiger partial charge on any atom is -0.307 e. The summed E-state index contributed by atoms with van der Waals surface area (Å²) in [6.45, 7) is 7.89. The molecule has 5 nitrogen and oxygen atoms in total. The molecule has 3 heterocycles. The van der Waals surface area contributed by atoms with E-state index in [9.17, 15) is 4.79 Å². The quantitative estimate of drug-likeness (QED) is 0.945. The lowest BCUT2D eigenvalue weighted by atomic mass is 9.86. The van der Waals surface area contributed by atoms with Crippen molar-refractivity contribution in [2.24, 2.45) is 13.0 Å². The van der Waals surface area contributed by atoms with Crippen molar-refractivity contribution in [1.82, 2.24) is 19.7 Å². The molecule has 0 amide bonds. The molecular weight excluding hydrogens is 288 g/mol. The van der Waals surface area contributed by atoms with E-state index in [-0.39, 0.29) is 5.56 Å². The molecule has 2 aliphatic rings. The maximum atomic E-state index is 12.4. The highest BCUT2D eigenvalue weighted by Crippen LogP contribution is 2.35. The molecule has 1 N–H and O–H groups in total. The second kappa shape index (κ2) is 5.48. The molecule has 0 radical (unpaired) electrons. The number of rotatable bonds is 3. The van der Waals surface area contributed by atoms with Crippen molar-refractivity contribution < 1.29 is 0 Å². The smallest absolute Gasteiger partial charge is 0.253 e. The maximum Gasteiger partial charge on any atom is 0.253 e. The molecule has 1 fully saturated rings.